The molecule has 0 aliphatic heterocycles. The van der Waals surface area contributed by atoms with Gasteiger partial charge in [-0.3, -0.25) is 0 Å². The molecule has 0 rings (SSSR count). The van der Waals surface area contributed by atoms with Crippen molar-refractivity contribution in [1.82, 2.24) is 0 Å². The van der Waals surface area contributed by atoms with Crippen LogP contribution in [-0.2, 0) is 0 Å². The van der Waals surface area contributed by atoms with E-state index in [0.717, 1.165) is 5.92 Å². The van der Waals surface area contributed by atoms with Crippen LogP contribution in [0.2, 0.25) is 19.1 Å². The van der Waals surface area contributed by atoms with Crippen molar-refractivity contribution in [1.29, 1.82) is 0 Å². The highest BCUT2D eigenvalue weighted by atomic mass is 35.6. The lowest BCUT2D eigenvalue weighted by Crippen LogP contribution is -2.16. The minimum atomic E-state index is -1.30. The molecule has 0 spiro atoms. The third kappa shape index (κ3) is 10.4. The van der Waals surface area contributed by atoms with Gasteiger partial charge in [0.25, 0.3) is 0 Å². The zero-order chi connectivity index (χ0) is 10.3. The quantitative estimate of drug-likeness (QED) is 0.321. The van der Waals surface area contributed by atoms with E-state index < -0.39 is 7.38 Å². The van der Waals surface area contributed by atoms with Crippen molar-refractivity contribution in [3.63, 3.8) is 0 Å². The molecule has 1 unspecified atom stereocenters. The van der Waals surface area contributed by atoms with Crippen LogP contribution in [0, 0.1) is 5.92 Å². The molecule has 0 aromatic rings. The fourth-order valence-corrected chi connectivity index (χ4v) is 2.98. The summed E-state index contributed by atoms with van der Waals surface area (Å²) in [5.41, 5.74) is 0. The molecule has 0 aromatic heterocycles. The number of rotatable bonds is 7. The molecule has 0 amide bonds. The first-order valence-corrected chi connectivity index (χ1v) is 9.86. The first-order valence-electron chi connectivity index (χ1n) is 5.64. The first kappa shape index (κ1) is 13.5. The first-order chi connectivity index (χ1) is 5.95. The van der Waals surface area contributed by atoms with Crippen LogP contribution in [0.25, 0.3) is 0 Å². The molecule has 0 aliphatic rings. The van der Waals surface area contributed by atoms with Gasteiger partial charge in [0.2, 0.25) is 0 Å². The summed E-state index contributed by atoms with van der Waals surface area (Å²) in [4.78, 5) is 0. The number of hydrogen-bond acceptors (Lipinski definition) is 0. The van der Waals surface area contributed by atoms with Crippen LogP contribution in [0.3, 0.4) is 0 Å². The molecule has 0 saturated heterocycles. The van der Waals surface area contributed by atoms with Gasteiger partial charge < -0.3 is 0 Å². The van der Waals surface area contributed by atoms with Gasteiger partial charge >= 0.3 is 0 Å². The van der Waals surface area contributed by atoms with E-state index in [0.29, 0.717) is 0 Å². The van der Waals surface area contributed by atoms with Crippen LogP contribution in [0.1, 0.15) is 46.0 Å². The van der Waals surface area contributed by atoms with Crippen LogP contribution >= 0.6 is 11.1 Å². The van der Waals surface area contributed by atoms with E-state index in [4.69, 9.17) is 11.1 Å². The zero-order valence-electron chi connectivity index (χ0n) is 9.70. The third-order valence-corrected chi connectivity index (χ3v) is 4.58. The maximum absolute atomic E-state index is 6.28. The third-order valence-electron chi connectivity index (χ3n) is 2.53. The summed E-state index contributed by atoms with van der Waals surface area (Å²) < 4.78 is 0. The van der Waals surface area contributed by atoms with Gasteiger partial charge in [0, 0.05) is 0 Å². The van der Waals surface area contributed by atoms with Crippen molar-refractivity contribution in [3.05, 3.63) is 0 Å². The highest BCUT2D eigenvalue weighted by Crippen LogP contribution is 2.22. The Morgan fingerprint density at radius 2 is 1.77 bits per heavy atom. The highest BCUT2D eigenvalue weighted by molar-refractivity contribution is 7.19. The van der Waals surface area contributed by atoms with E-state index in [1.54, 1.807) is 0 Å². The predicted octanol–water partition coefficient (Wildman–Crippen LogP) is 5.04. The van der Waals surface area contributed by atoms with Crippen LogP contribution < -0.4 is 0 Å². The molecule has 0 aromatic carbocycles. The lowest BCUT2D eigenvalue weighted by Gasteiger charge is -2.16. The highest BCUT2D eigenvalue weighted by Gasteiger charge is 2.17. The lowest BCUT2D eigenvalue weighted by atomic mass is 10.0. The smallest absolute Gasteiger partial charge is 0.150 e. The second kappa shape index (κ2) is 6.89. The summed E-state index contributed by atoms with van der Waals surface area (Å²) in [6, 6.07) is 1.28. The summed E-state index contributed by atoms with van der Waals surface area (Å²) in [6.07, 6.45) is 6.87. The van der Waals surface area contributed by atoms with Crippen molar-refractivity contribution >= 4 is 18.5 Å². The van der Waals surface area contributed by atoms with Crippen molar-refractivity contribution < 1.29 is 0 Å². The Bertz CT molecular complexity index is 118. The van der Waals surface area contributed by atoms with Crippen LogP contribution in [0.5, 0.6) is 0 Å². The Morgan fingerprint density at radius 3 is 2.23 bits per heavy atom. The summed E-state index contributed by atoms with van der Waals surface area (Å²) in [5.74, 6) is 0.886. The monoisotopic (exact) mass is 220 g/mol. The maximum Gasteiger partial charge on any atom is 0.150 e. The average Bonchev–Trinajstić information content (AvgIpc) is 2.00. The topological polar surface area (TPSA) is 0 Å². The molecular formula is C11H25ClSi. The van der Waals surface area contributed by atoms with Gasteiger partial charge in [-0.15, -0.1) is 0 Å². The molecule has 13 heavy (non-hydrogen) atoms. The Morgan fingerprint density at radius 1 is 1.15 bits per heavy atom. The van der Waals surface area contributed by atoms with Crippen molar-refractivity contribution in [3.8, 4) is 0 Å². The van der Waals surface area contributed by atoms with Gasteiger partial charge in [0.05, 0.1) is 0 Å². The second-order valence-electron chi connectivity index (χ2n) is 4.86. The minimum Gasteiger partial charge on any atom is -0.168 e. The molecule has 0 saturated carbocycles. The summed E-state index contributed by atoms with van der Waals surface area (Å²) >= 11 is 6.28. The van der Waals surface area contributed by atoms with Gasteiger partial charge in [-0.2, -0.15) is 11.1 Å². The van der Waals surface area contributed by atoms with Crippen molar-refractivity contribution in [2.75, 3.05) is 0 Å². The summed E-state index contributed by atoms with van der Waals surface area (Å²) in [5, 5.41) is 0. The zero-order valence-corrected chi connectivity index (χ0v) is 11.5. The molecule has 0 fully saturated rings. The average molecular weight is 221 g/mol. The Hall–Kier alpha value is 0.507. The number of halogens is 1. The molecule has 1 atom stereocenters. The summed E-state index contributed by atoms with van der Waals surface area (Å²) in [6.45, 7) is 9.12. The van der Waals surface area contributed by atoms with Gasteiger partial charge in [-0.25, -0.2) is 0 Å². The fraction of sp³-hybridized carbons (Fsp3) is 1.00. The van der Waals surface area contributed by atoms with Crippen LogP contribution in [0.4, 0.5) is 0 Å². The van der Waals surface area contributed by atoms with Gasteiger partial charge in [0.1, 0.15) is 0 Å². The Kier molecular flexibility index (Phi) is 7.16. The van der Waals surface area contributed by atoms with E-state index in [9.17, 15) is 0 Å². The minimum absolute atomic E-state index is 0.886. The molecule has 80 valence electrons. The molecule has 0 nitrogen and oxygen atoms in total. The predicted molar refractivity (Wildman–Crippen MR) is 66.1 cm³/mol. The molecule has 0 radical (unpaired) electrons. The van der Waals surface area contributed by atoms with E-state index in [1.165, 1.54) is 38.1 Å². The van der Waals surface area contributed by atoms with E-state index in [2.05, 4.69) is 26.9 Å². The van der Waals surface area contributed by atoms with Gasteiger partial charge in [-0.1, -0.05) is 59.0 Å². The number of hydrogen-bond donors (Lipinski definition) is 0. The molecule has 0 heterocycles. The Labute approximate surface area is 89.8 Å². The van der Waals surface area contributed by atoms with E-state index in [-0.39, 0.29) is 0 Å². The van der Waals surface area contributed by atoms with Crippen LogP contribution in [-0.4, -0.2) is 7.38 Å². The molecule has 0 bridgehead atoms. The fourth-order valence-electron chi connectivity index (χ4n) is 1.48. The van der Waals surface area contributed by atoms with Crippen molar-refractivity contribution in [2.24, 2.45) is 5.92 Å². The lowest BCUT2D eigenvalue weighted by molar-refractivity contribution is 0.481. The largest absolute Gasteiger partial charge is 0.168 e. The SMILES string of the molecule is CCCCCC(C)CC[Si](C)(C)Cl. The maximum atomic E-state index is 6.28. The van der Waals surface area contributed by atoms with Gasteiger partial charge in [-0.05, 0) is 12.0 Å². The van der Waals surface area contributed by atoms with Crippen molar-refractivity contribution in [2.45, 2.75) is 65.1 Å². The molecule has 0 N–H and O–H groups in total. The van der Waals surface area contributed by atoms with Crippen LogP contribution in [0.15, 0.2) is 0 Å². The normalized spacial score (nSPS) is 14.5. The molecular weight excluding hydrogens is 196 g/mol. The standard InChI is InChI=1S/C11H25ClSi/c1-5-6-7-8-11(2)9-10-13(3,4)12/h11H,5-10H2,1-4H3. The second-order valence-corrected chi connectivity index (χ2v) is 11.9. The van der Waals surface area contributed by atoms with Gasteiger partial charge in [0.15, 0.2) is 7.38 Å². The van der Waals surface area contributed by atoms with E-state index in [1.807, 2.05) is 0 Å². The molecule has 2 heteroatoms. The van der Waals surface area contributed by atoms with E-state index >= 15 is 0 Å². The molecule has 0 aliphatic carbocycles. The Balaban J connectivity index is 3.35. The number of unbranched alkanes of at least 4 members (excludes halogenated alkanes) is 2. The summed E-state index contributed by atoms with van der Waals surface area (Å²) in [7, 11) is -1.30.